The molecule has 0 saturated heterocycles. The number of urea groups is 1. The maximum atomic E-state index is 12.2. The van der Waals surface area contributed by atoms with Gasteiger partial charge in [-0.1, -0.05) is 51.4 Å². The molecule has 0 radical (unpaired) electrons. The van der Waals surface area contributed by atoms with Gasteiger partial charge in [-0.25, -0.2) is 4.79 Å². The van der Waals surface area contributed by atoms with E-state index < -0.39 is 0 Å². The Balaban J connectivity index is 1.37. The first-order chi connectivity index (χ1) is 18.1. The highest BCUT2D eigenvalue weighted by Crippen LogP contribution is 2.29. The summed E-state index contributed by atoms with van der Waals surface area (Å²) in [5.41, 5.74) is 11.8. The number of hydrogen-bond donors (Lipinski definition) is 5. The lowest BCUT2D eigenvalue weighted by molar-refractivity contribution is 0.197. The molecule has 0 atom stereocenters. The molecule has 9 heteroatoms. The van der Waals surface area contributed by atoms with Crippen LogP contribution in [-0.2, 0) is 0 Å². The second-order valence-electron chi connectivity index (χ2n) is 11.0. The van der Waals surface area contributed by atoms with Gasteiger partial charge in [0.25, 0.3) is 0 Å². The third-order valence-corrected chi connectivity index (χ3v) is 7.26. The van der Waals surface area contributed by atoms with Crippen LogP contribution in [0.4, 0.5) is 4.79 Å². The number of nitrogens with two attached hydrogens (primary N) is 2. The number of aliphatic imine (C=N–C) groups is 2. The molecular weight excluding hydrogens is 464 g/mol. The number of nitrogens with one attached hydrogen (secondary N) is 3. The summed E-state index contributed by atoms with van der Waals surface area (Å²) in [5, 5.41) is 9.25. The lowest BCUT2D eigenvalue weighted by Crippen LogP contribution is -2.39. The van der Waals surface area contributed by atoms with Crippen LogP contribution in [0.15, 0.2) is 9.98 Å². The number of rotatable bonds is 22. The van der Waals surface area contributed by atoms with Crippen LogP contribution in [0, 0.1) is 11.8 Å². The third-order valence-electron chi connectivity index (χ3n) is 7.26. The fourth-order valence-corrected chi connectivity index (χ4v) is 4.34. The van der Waals surface area contributed by atoms with Gasteiger partial charge < -0.3 is 32.3 Å². The molecule has 0 aromatic heterocycles. The molecule has 0 spiro atoms. The van der Waals surface area contributed by atoms with Crippen molar-refractivity contribution in [3.8, 4) is 0 Å². The van der Waals surface area contributed by atoms with Gasteiger partial charge in [0, 0.05) is 46.3 Å². The number of amides is 2. The SMILES string of the molecule is CNC(=O)N(CCCCCCCCNC(N)=NCC1CC1)CCCCCCCCNC(N)=NCC1CC1. The predicted molar refractivity (Wildman–Crippen MR) is 156 cm³/mol. The molecule has 0 bridgehead atoms. The molecule has 0 aromatic carbocycles. The quantitative estimate of drug-likeness (QED) is 0.0838. The van der Waals surface area contributed by atoms with Crippen LogP contribution >= 0.6 is 0 Å². The Morgan fingerprint density at radius 3 is 1.43 bits per heavy atom. The molecule has 0 aromatic rings. The van der Waals surface area contributed by atoms with E-state index in [2.05, 4.69) is 25.9 Å². The molecule has 2 saturated carbocycles. The summed E-state index contributed by atoms with van der Waals surface area (Å²) in [6.07, 6.45) is 19.3. The molecule has 7 N–H and O–H groups in total. The lowest BCUT2D eigenvalue weighted by atomic mass is 10.1. The van der Waals surface area contributed by atoms with Crippen LogP contribution in [0.3, 0.4) is 0 Å². The first kappa shape index (κ1) is 31.0. The molecule has 2 aliphatic carbocycles. The number of nitrogens with zero attached hydrogens (tertiary/aromatic N) is 3. The Bertz CT molecular complexity index is 613. The van der Waals surface area contributed by atoms with Crippen molar-refractivity contribution in [1.82, 2.24) is 20.9 Å². The Morgan fingerprint density at radius 1 is 0.676 bits per heavy atom. The largest absolute Gasteiger partial charge is 0.370 e. The summed E-state index contributed by atoms with van der Waals surface area (Å²) in [6, 6.07) is 0.0547. The summed E-state index contributed by atoms with van der Waals surface area (Å²) < 4.78 is 0. The summed E-state index contributed by atoms with van der Waals surface area (Å²) in [4.78, 5) is 23.0. The second kappa shape index (κ2) is 19.9. The zero-order valence-electron chi connectivity index (χ0n) is 23.6. The Hall–Kier alpha value is -2.19. The molecule has 2 rings (SSSR count). The van der Waals surface area contributed by atoms with E-state index in [-0.39, 0.29) is 6.03 Å². The molecule has 0 heterocycles. The molecule has 9 nitrogen and oxygen atoms in total. The number of carbonyl (C=O) groups is 1. The van der Waals surface area contributed by atoms with Crippen LogP contribution in [0.1, 0.15) is 103 Å². The van der Waals surface area contributed by atoms with Gasteiger partial charge in [0.2, 0.25) is 0 Å². The zero-order chi connectivity index (χ0) is 26.6. The normalized spacial score (nSPS) is 16.0. The van der Waals surface area contributed by atoms with Gasteiger partial charge >= 0.3 is 6.03 Å². The Morgan fingerprint density at radius 2 is 1.05 bits per heavy atom. The van der Waals surface area contributed by atoms with Crippen LogP contribution in [0.2, 0.25) is 0 Å². The molecule has 214 valence electrons. The Kier molecular flexibility index (Phi) is 16.7. The predicted octanol–water partition coefficient (Wildman–Crippen LogP) is 3.94. The highest BCUT2D eigenvalue weighted by atomic mass is 16.2. The number of guanidine groups is 2. The minimum Gasteiger partial charge on any atom is -0.370 e. The van der Waals surface area contributed by atoms with Crippen molar-refractivity contribution in [2.45, 2.75) is 103 Å². The maximum Gasteiger partial charge on any atom is 0.317 e. The topological polar surface area (TPSA) is 133 Å². The second-order valence-corrected chi connectivity index (χ2v) is 11.0. The van der Waals surface area contributed by atoms with Crippen molar-refractivity contribution in [1.29, 1.82) is 0 Å². The highest BCUT2D eigenvalue weighted by Gasteiger charge is 2.21. The molecule has 0 aliphatic heterocycles. The van der Waals surface area contributed by atoms with Gasteiger partial charge in [-0.15, -0.1) is 0 Å². The van der Waals surface area contributed by atoms with Crippen molar-refractivity contribution in [3.05, 3.63) is 0 Å². The minimum atomic E-state index is 0.0547. The summed E-state index contributed by atoms with van der Waals surface area (Å²) in [7, 11) is 1.73. The van der Waals surface area contributed by atoms with E-state index >= 15 is 0 Å². The van der Waals surface area contributed by atoms with Crippen LogP contribution in [0.25, 0.3) is 0 Å². The first-order valence-corrected chi connectivity index (χ1v) is 15.1. The van der Waals surface area contributed by atoms with Crippen molar-refractivity contribution < 1.29 is 4.79 Å². The van der Waals surface area contributed by atoms with Gasteiger partial charge in [-0.3, -0.25) is 9.98 Å². The Labute approximate surface area is 226 Å². The zero-order valence-corrected chi connectivity index (χ0v) is 23.6. The van der Waals surface area contributed by atoms with Crippen LogP contribution in [-0.4, -0.2) is 69.2 Å². The van der Waals surface area contributed by atoms with Crippen LogP contribution in [0.5, 0.6) is 0 Å². The average Bonchev–Trinajstić information content (AvgIpc) is 3.82. The molecule has 37 heavy (non-hydrogen) atoms. The third kappa shape index (κ3) is 17.8. The van der Waals surface area contributed by atoms with Crippen molar-refractivity contribution in [2.24, 2.45) is 33.3 Å². The lowest BCUT2D eigenvalue weighted by Gasteiger charge is -2.22. The molecule has 2 fully saturated rings. The van der Waals surface area contributed by atoms with E-state index in [1.807, 2.05) is 4.90 Å². The van der Waals surface area contributed by atoms with E-state index in [1.165, 1.54) is 77.0 Å². The van der Waals surface area contributed by atoms with E-state index in [9.17, 15) is 4.79 Å². The fraction of sp³-hybridized carbons (Fsp3) is 0.893. The minimum absolute atomic E-state index is 0.0547. The van der Waals surface area contributed by atoms with Crippen molar-refractivity contribution in [3.63, 3.8) is 0 Å². The highest BCUT2D eigenvalue weighted by molar-refractivity contribution is 5.78. The summed E-state index contributed by atoms with van der Waals surface area (Å²) in [6.45, 7) is 5.29. The van der Waals surface area contributed by atoms with Gasteiger partial charge in [-0.05, 0) is 63.2 Å². The monoisotopic (exact) mass is 520 g/mol. The maximum absolute atomic E-state index is 12.2. The first-order valence-electron chi connectivity index (χ1n) is 15.1. The van der Waals surface area contributed by atoms with Gasteiger partial charge in [0.05, 0.1) is 0 Å². The van der Waals surface area contributed by atoms with Gasteiger partial charge in [0.1, 0.15) is 0 Å². The molecule has 2 aliphatic rings. The standard InChI is InChI=1S/C28H56N8O/c1-31-28(37)36(20-12-8-4-2-6-10-18-32-26(29)34-22-24-14-15-24)21-13-9-5-3-7-11-19-33-27(30)35-23-25-16-17-25/h24-25H,2-23H2,1H3,(H,31,37)(H3,29,32,34)(H3,30,33,35). The summed E-state index contributed by atoms with van der Waals surface area (Å²) in [5.74, 6) is 2.77. The van der Waals surface area contributed by atoms with E-state index in [0.717, 1.165) is 76.8 Å². The number of unbranched alkanes of at least 4 members (excludes halogenated alkanes) is 10. The number of hydrogen-bond acceptors (Lipinski definition) is 3. The van der Waals surface area contributed by atoms with Gasteiger partial charge in [0.15, 0.2) is 11.9 Å². The van der Waals surface area contributed by atoms with E-state index in [0.29, 0.717) is 11.9 Å². The average molecular weight is 521 g/mol. The van der Waals surface area contributed by atoms with Gasteiger partial charge in [-0.2, -0.15) is 0 Å². The fourth-order valence-electron chi connectivity index (χ4n) is 4.34. The smallest absolute Gasteiger partial charge is 0.317 e. The molecular formula is C28H56N8O. The van der Waals surface area contributed by atoms with Crippen molar-refractivity contribution in [2.75, 3.05) is 46.3 Å². The number of carbonyl (C=O) groups excluding carboxylic acids is 1. The van der Waals surface area contributed by atoms with E-state index in [4.69, 9.17) is 11.5 Å². The van der Waals surface area contributed by atoms with Crippen LogP contribution < -0.4 is 27.4 Å². The molecule has 0 unspecified atom stereocenters. The van der Waals surface area contributed by atoms with Crippen molar-refractivity contribution >= 4 is 18.0 Å². The molecule has 2 amide bonds. The van der Waals surface area contributed by atoms with E-state index in [1.54, 1.807) is 7.05 Å². The summed E-state index contributed by atoms with van der Waals surface area (Å²) >= 11 is 0.